The third-order valence-electron chi connectivity index (χ3n) is 3.43. The fraction of sp³-hybridized carbons (Fsp3) is 0.222. The maximum absolute atomic E-state index is 11.9. The fourth-order valence-corrected chi connectivity index (χ4v) is 2.72. The van der Waals surface area contributed by atoms with Gasteiger partial charge in [-0.1, -0.05) is 28.1 Å². The maximum atomic E-state index is 11.9. The smallest absolute Gasteiger partial charge is 0.310 e. The highest BCUT2D eigenvalue weighted by atomic mass is 79.9. The molecule has 6 nitrogen and oxygen atoms in total. The van der Waals surface area contributed by atoms with E-state index in [1.165, 1.54) is 0 Å². The van der Waals surface area contributed by atoms with Gasteiger partial charge >= 0.3 is 5.97 Å². The van der Waals surface area contributed by atoms with Crippen LogP contribution in [-0.2, 0) is 20.7 Å². The molecule has 0 aliphatic carbocycles. The van der Waals surface area contributed by atoms with Gasteiger partial charge in [0.05, 0.1) is 6.42 Å². The summed E-state index contributed by atoms with van der Waals surface area (Å²) in [6.45, 7) is 0.661. The molecule has 1 N–H and O–H groups in total. The molecule has 1 aliphatic rings. The van der Waals surface area contributed by atoms with Crippen LogP contribution in [0.2, 0.25) is 0 Å². The molecule has 0 radical (unpaired) electrons. The number of anilines is 1. The molecule has 0 aromatic heterocycles. The second-order valence-electron chi connectivity index (χ2n) is 5.37. The number of hydrogen-bond donors (Lipinski definition) is 1. The zero-order valence-electron chi connectivity index (χ0n) is 13.3. The van der Waals surface area contributed by atoms with Crippen molar-refractivity contribution in [2.45, 2.75) is 6.42 Å². The van der Waals surface area contributed by atoms with E-state index in [0.29, 0.717) is 30.4 Å². The second-order valence-corrected chi connectivity index (χ2v) is 6.29. The highest BCUT2D eigenvalue weighted by molar-refractivity contribution is 9.10. The molecule has 0 saturated heterocycles. The Labute approximate surface area is 153 Å². The first kappa shape index (κ1) is 17.3. The number of amides is 1. The number of fused-ring (bicyclic) bond motifs is 1. The van der Waals surface area contributed by atoms with E-state index in [1.54, 1.807) is 36.4 Å². The molecular weight excluding hydrogens is 390 g/mol. The lowest BCUT2D eigenvalue weighted by Crippen LogP contribution is -2.21. The minimum Gasteiger partial charge on any atom is -0.486 e. The number of esters is 1. The van der Waals surface area contributed by atoms with Gasteiger partial charge in [0, 0.05) is 10.2 Å². The van der Waals surface area contributed by atoms with Gasteiger partial charge < -0.3 is 19.5 Å². The summed E-state index contributed by atoms with van der Waals surface area (Å²) >= 11 is 3.32. The zero-order valence-corrected chi connectivity index (χ0v) is 14.9. The number of rotatable bonds is 5. The van der Waals surface area contributed by atoms with E-state index in [4.69, 9.17) is 14.2 Å². The van der Waals surface area contributed by atoms with E-state index in [-0.39, 0.29) is 13.0 Å². The van der Waals surface area contributed by atoms with Crippen molar-refractivity contribution in [2.24, 2.45) is 0 Å². The molecule has 1 aliphatic heterocycles. The van der Waals surface area contributed by atoms with Crippen LogP contribution in [0.15, 0.2) is 46.9 Å². The van der Waals surface area contributed by atoms with E-state index in [1.807, 2.05) is 6.07 Å². The van der Waals surface area contributed by atoms with Crippen molar-refractivity contribution in [2.75, 3.05) is 25.1 Å². The summed E-state index contributed by atoms with van der Waals surface area (Å²) in [6, 6.07) is 12.4. The Kier molecular flexibility index (Phi) is 5.55. The van der Waals surface area contributed by atoms with Crippen molar-refractivity contribution < 1.29 is 23.8 Å². The fourth-order valence-electron chi connectivity index (χ4n) is 2.32. The second kappa shape index (κ2) is 8.02. The van der Waals surface area contributed by atoms with Gasteiger partial charge in [-0.15, -0.1) is 0 Å². The first-order chi connectivity index (χ1) is 12.1. The first-order valence-corrected chi connectivity index (χ1v) is 8.49. The molecule has 130 valence electrons. The van der Waals surface area contributed by atoms with Gasteiger partial charge in [-0.3, -0.25) is 9.59 Å². The molecule has 25 heavy (non-hydrogen) atoms. The standard InChI is InChI=1S/C18H16BrNO5/c19-13-2-1-3-14(10-13)20-17(21)11-25-18(22)9-12-4-5-15-16(8-12)24-7-6-23-15/h1-5,8,10H,6-7,9,11H2,(H,20,21). The van der Waals surface area contributed by atoms with Gasteiger partial charge in [0.2, 0.25) is 0 Å². The topological polar surface area (TPSA) is 73.9 Å². The molecule has 1 amide bonds. The molecule has 0 bridgehead atoms. The van der Waals surface area contributed by atoms with Crippen LogP contribution in [0.25, 0.3) is 0 Å². The molecule has 0 atom stereocenters. The largest absolute Gasteiger partial charge is 0.486 e. The summed E-state index contributed by atoms with van der Waals surface area (Å²) in [5.41, 5.74) is 1.36. The van der Waals surface area contributed by atoms with Gasteiger partial charge in [0.25, 0.3) is 5.91 Å². The third-order valence-corrected chi connectivity index (χ3v) is 3.92. The van der Waals surface area contributed by atoms with Crippen molar-refractivity contribution in [1.29, 1.82) is 0 Å². The predicted octanol–water partition coefficient (Wildman–Crippen LogP) is 2.94. The van der Waals surface area contributed by atoms with E-state index in [9.17, 15) is 9.59 Å². The van der Waals surface area contributed by atoms with E-state index < -0.39 is 11.9 Å². The summed E-state index contributed by atoms with van der Waals surface area (Å²) in [7, 11) is 0. The van der Waals surface area contributed by atoms with Crippen LogP contribution in [0.4, 0.5) is 5.69 Å². The van der Waals surface area contributed by atoms with Gasteiger partial charge in [-0.25, -0.2) is 0 Å². The summed E-state index contributed by atoms with van der Waals surface area (Å²) in [5.74, 6) is 0.399. The number of carbonyl (C=O) groups excluding carboxylic acids is 2. The number of benzene rings is 2. The Morgan fingerprint density at radius 3 is 2.68 bits per heavy atom. The van der Waals surface area contributed by atoms with Crippen LogP contribution in [0.3, 0.4) is 0 Å². The van der Waals surface area contributed by atoms with Crippen LogP contribution in [0.5, 0.6) is 11.5 Å². The number of hydrogen-bond acceptors (Lipinski definition) is 5. The average Bonchev–Trinajstić information content (AvgIpc) is 2.60. The maximum Gasteiger partial charge on any atom is 0.310 e. The number of ether oxygens (including phenoxy) is 3. The van der Waals surface area contributed by atoms with Crippen LogP contribution < -0.4 is 14.8 Å². The van der Waals surface area contributed by atoms with E-state index in [0.717, 1.165) is 10.0 Å². The Bertz CT molecular complexity index is 793. The highest BCUT2D eigenvalue weighted by Crippen LogP contribution is 2.30. The normalized spacial score (nSPS) is 12.4. The lowest BCUT2D eigenvalue weighted by Gasteiger charge is -2.18. The number of halogens is 1. The zero-order chi connectivity index (χ0) is 17.6. The summed E-state index contributed by atoms with van der Waals surface area (Å²) in [6.07, 6.45) is 0.0564. The average molecular weight is 406 g/mol. The Morgan fingerprint density at radius 1 is 1.08 bits per heavy atom. The van der Waals surface area contributed by atoms with Crippen molar-refractivity contribution in [3.05, 3.63) is 52.5 Å². The Hall–Kier alpha value is -2.54. The lowest BCUT2D eigenvalue weighted by atomic mass is 10.1. The summed E-state index contributed by atoms with van der Waals surface area (Å²) in [5, 5.41) is 2.66. The SMILES string of the molecule is O=C(COC(=O)Cc1ccc2c(c1)OCCO2)Nc1cccc(Br)c1. The molecule has 0 unspecified atom stereocenters. The third kappa shape index (κ3) is 4.96. The van der Waals surface area contributed by atoms with Crippen molar-refractivity contribution >= 4 is 33.5 Å². The van der Waals surface area contributed by atoms with Crippen LogP contribution in [0.1, 0.15) is 5.56 Å². The number of nitrogens with one attached hydrogen (secondary N) is 1. The molecule has 1 heterocycles. The van der Waals surface area contributed by atoms with Gasteiger partial charge in [0.1, 0.15) is 13.2 Å². The molecule has 7 heteroatoms. The van der Waals surface area contributed by atoms with Crippen LogP contribution in [-0.4, -0.2) is 31.7 Å². The summed E-state index contributed by atoms with van der Waals surface area (Å²) in [4.78, 5) is 23.7. The van der Waals surface area contributed by atoms with Crippen molar-refractivity contribution in [3.8, 4) is 11.5 Å². The molecule has 0 saturated carbocycles. The lowest BCUT2D eigenvalue weighted by molar-refractivity contribution is -0.146. The molecule has 3 rings (SSSR count). The van der Waals surface area contributed by atoms with Gasteiger partial charge in [-0.05, 0) is 35.9 Å². The monoisotopic (exact) mass is 405 g/mol. The summed E-state index contributed by atoms with van der Waals surface area (Å²) < 4.78 is 16.8. The first-order valence-electron chi connectivity index (χ1n) is 7.70. The Balaban J connectivity index is 1.48. The molecular formula is C18H16BrNO5. The van der Waals surface area contributed by atoms with E-state index in [2.05, 4.69) is 21.2 Å². The van der Waals surface area contributed by atoms with E-state index >= 15 is 0 Å². The minimum atomic E-state index is -0.485. The minimum absolute atomic E-state index is 0.0564. The van der Waals surface area contributed by atoms with Crippen LogP contribution >= 0.6 is 15.9 Å². The predicted molar refractivity (Wildman–Crippen MR) is 94.9 cm³/mol. The van der Waals surface area contributed by atoms with Gasteiger partial charge in [0.15, 0.2) is 18.1 Å². The van der Waals surface area contributed by atoms with Crippen LogP contribution in [0, 0.1) is 0 Å². The molecule has 0 fully saturated rings. The van der Waals surface area contributed by atoms with Crippen molar-refractivity contribution in [1.82, 2.24) is 0 Å². The van der Waals surface area contributed by atoms with Crippen molar-refractivity contribution in [3.63, 3.8) is 0 Å². The number of carbonyl (C=O) groups is 2. The molecule has 0 spiro atoms. The quantitative estimate of drug-likeness (QED) is 0.774. The van der Waals surface area contributed by atoms with Gasteiger partial charge in [-0.2, -0.15) is 0 Å². The molecule has 2 aromatic rings. The highest BCUT2D eigenvalue weighted by Gasteiger charge is 2.14. The Morgan fingerprint density at radius 2 is 1.88 bits per heavy atom. The molecule has 2 aromatic carbocycles.